The van der Waals surface area contributed by atoms with Crippen LogP contribution in [0.25, 0.3) is 0 Å². The van der Waals surface area contributed by atoms with E-state index in [0.717, 1.165) is 19.1 Å². The van der Waals surface area contributed by atoms with Crippen molar-refractivity contribution >= 4 is 0 Å². The fraction of sp³-hybridized carbons (Fsp3) is 0.867. The smallest absolute Gasteiger partial charge is 0.0451 e. The molecule has 0 radical (unpaired) electrons. The maximum atomic E-state index is 4.16. The van der Waals surface area contributed by atoms with E-state index in [1.54, 1.807) is 0 Å². The molecule has 2 N–H and O–H groups in total. The number of unbranched alkanes of at least 4 members (excludes halogenated alkanes) is 3. The van der Waals surface area contributed by atoms with E-state index in [1.165, 1.54) is 50.5 Å². The number of nitrogens with one attached hydrogen (secondary N) is 2. The van der Waals surface area contributed by atoms with E-state index >= 15 is 0 Å². The number of allylic oxidation sites excluding steroid dienone is 1. The van der Waals surface area contributed by atoms with Gasteiger partial charge in [0.2, 0.25) is 0 Å². The Balaban J connectivity index is 3.14. The zero-order valence-electron chi connectivity index (χ0n) is 12.1. The van der Waals surface area contributed by atoms with E-state index in [9.17, 15) is 0 Å². The number of hydrogen-bond donors (Lipinski definition) is 2. The molecule has 0 bridgehead atoms. The lowest BCUT2D eigenvalue weighted by atomic mass is 9.99. The van der Waals surface area contributed by atoms with Crippen molar-refractivity contribution in [3.8, 4) is 0 Å². The number of rotatable bonds is 12. The van der Waals surface area contributed by atoms with Gasteiger partial charge in [0.05, 0.1) is 0 Å². The molecular weight excluding hydrogens is 208 g/mol. The lowest BCUT2D eigenvalue weighted by Crippen LogP contribution is -2.26. The summed E-state index contributed by atoms with van der Waals surface area (Å²) >= 11 is 0. The molecule has 0 rings (SSSR count). The van der Waals surface area contributed by atoms with E-state index in [0.29, 0.717) is 0 Å². The maximum Gasteiger partial charge on any atom is 0.0451 e. The minimum absolute atomic E-state index is 0.810. The minimum Gasteiger partial charge on any atom is -0.308 e. The van der Waals surface area contributed by atoms with E-state index in [4.69, 9.17) is 0 Å². The average Bonchev–Trinajstić information content (AvgIpc) is 2.30. The van der Waals surface area contributed by atoms with Crippen molar-refractivity contribution in [3.05, 3.63) is 12.2 Å². The van der Waals surface area contributed by atoms with Crippen LogP contribution >= 0.6 is 0 Å². The van der Waals surface area contributed by atoms with Crippen molar-refractivity contribution in [2.24, 2.45) is 5.92 Å². The zero-order valence-corrected chi connectivity index (χ0v) is 12.1. The van der Waals surface area contributed by atoms with Gasteiger partial charge in [-0.1, -0.05) is 38.8 Å². The molecule has 0 amide bonds. The normalized spacial score (nSPS) is 11.1. The summed E-state index contributed by atoms with van der Waals surface area (Å²) < 4.78 is 0. The summed E-state index contributed by atoms with van der Waals surface area (Å²) in [4.78, 5) is 0. The second kappa shape index (κ2) is 12.1. The van der Waals surface area contributed by atoms with Crippen LogP contribution in [0, 0.1) is 5.92 Å². The summed E-state index contributed by atoms with van der Waals surface area (Å²) in [5.41, 5.74) is 1.45. The minimum atomic E-state index is 0.810. The molecular formula is C15H32N2. The fourth-order valence-electron chi connectivity index (χ4n) is 1.81. The van der Waals surface area contributed by atoms with Crippen molar-refractivity contribution in [1.29, 1.82) is 0 Å². The van der Waals surface area contributed by atoms with Gasteiger partial charge < -0.3 is 10.6 Å². The van der Waals surface area contributed by atoms with Gasteiger partial charge in [0, 0.05) is 6.67 Å². The van der Waals surface area contributed by atoms with E-state index in [1.807, 2.05) is 7.05 Å². The zero-order chi connectivity index (χ0) is 12.9. The highest BCUT2D eigenvalue weighted by atomic mass is 15.0. The SMILES string of the molecule is C=C(CCCCCCNCNC)CCC(C)C. The molecule has 0 aliphatic heterocycles. The van der Waals surface area contributed by atoms with Crippen LogP contribution in [0.15, 0.2) is 12.2 Å². The van der Waals surface area contributed by atoms with Crippen LogP contribution < -0.4 is 10.6 Å². The van der Waals surface area contributed by atoms with E-state index < -0.39 is 0 Å². The Morgan fingerprint density at radius 2 is 1.76 bits per heavy atom. The van der Waals surface area contributed by atoms with E-state index in [-0.39, 0.29) is 0 Å². The molecule has 0 heterocycles. The molecule has 0 aliphatic rings. The van der Waals surface area contributed by atoms with Crippen LogP contribution in [-0.4, -0.2) is 20.3 Å². The average molecular weight is 240 g/mol. The quantitative estimate of drug-likeness (QED) is 0.309. The molecule has 17 heavy (non-hydrogen) atoms. The largest absolute Gasteiger partial charge is 0.308 e. The van der Waals surface area contributed by atoms with Gasteiger partial charge in [-0.3, -0.25) is 0 Å². The molecule has 0 saturated heterocycles. The molecule has 0 saturated carbocycles. The third-order valence-electron chi connectivity index (χ3n) is 3.01. The highest BCUT2D eigenvalue weighted by Gasteiger charge is 1.98. The van der Waals surface area contributed by atoms with E-state index in [2.05, 4.69) is 31.1 Å². The van der Waals surface area contributed by atoms with Gasteiger partial charge in [0.1, 0.15) is 0 Å². The Morgan fingerprint density at radius 3 is 2.41 bits per heavy atom. The van der Waals surface area contributed by atoms with Gasteiger partial charge in [0.15, 0.2) is 0 Å². The molecule has 0 aliphatic carbocycles. The molecule has 0 aromatic carbocycles. The predicted octanol–water partition coefficient (Wildman–Crippen LogP) is 3.70. The monoisotopic (exact) mass is 240 g/mol. The Morgan fingerprint density at radius 1 is 1.06 bits per heavy atom. The van der Waals surface area contributed by atoms with Crippen LogP contribution in [0.1, 0.15) is 58.8 Å². The lowest BCUT2D eigenvalue weighted by Gasteiger charge is -2.08. The second-order valence-electron chi connectivity index (χ2n) is 5.38. The Labute approximate surface area is 108 Å². The topological polar surface area (TPSA) is 24.1 Å². The Kier molecular flexibility index (Phi) is 11.9. The molecule has 0 unspecified atom stereocenters. The first-order valence-electron chi connectivity index (χ1n) is 7.18. The molecule has 0 spiro atoms. The standard InChI is InChI=1S/C15H32N2/c1-14(2)10-11-15(3)9-7-5-6-8-12-17-13-16-4/h14,16-17H,3,5-13H2,1-2,4H3. The van der Waals surface area contributed by atoms with Crippen molar-refractivity contribution in [2.45, 2.75) is 58.8 Å². The van der Waals surface area contributed by atoms with Crippen LogP contribution in [0.2, 0.25) is 0 Å². The van der Waals surface area contributed by atoms with Crippen molar-refractivity contribution in [1.82, 2.24) is 10.6 Å². The first-order chi connectivity index (χ1) is 8.16. The molecule has 0 atom stereocenters. The highest BCUT2D eigenvalue weighted by molar-refractivity contribution is 4.93. The summed E-state index contributed by atoms with van der Waals surface area (Å²) in [7, 11) is 1.97. The first kappa shape index (κ1) is 16.7. The third kappa shape index (κ3) is 13.6. The molecule has 2 heteroatoms. The molecule has 0 aromatic rings. The van der Waals surface area contributed by atoms with Crippen LogP contribution in [0.4, 0.5) is 0 Å². The predicted molar refractivity (Wildman–Crippen MR) is 78.2 cm³/mol. The Bertz CT molecular complexity index is 176. The fourth-order valence-corrected chi connectivity index (χ4v) is 1.81. The van der Waals surface area contributed by atoms with Crippen LogP contribution in [0.3, 0.4) is 0 Å². The lowest BCUT2D eigenvalue weighted by molar-refractivity contribution is 0.553. The summed E-state index contributed by atoms with van der Waals surface area (Å²) in [6, 6.07) is 0. The second-order valence-corrected chi connectivity index (χ2v) is 5.38. The summed E-state index contributed by atoms with van der Waals surface area (Å²) in [5, 5.41) is 6.42. The van der Waals surface area contributed by atoms with Gasteiger partial charge in [-0.2, -0.15) is 0 Å². The summed E-state index contributed by atoms with van der Waals surface area (Å²) in [5.74, 6) is 0.810. The van der Waals surface area contributed by atoms with Crippen molar-refractivity contribution < 1.29 is 0 Å². The molecule has 0 fully saturated rings. The number of hydrogen-bond acceptors (Lipinski definition) is 2. The van der Waals surface area contributed by atoms with Gasteiger partial charge in [-0.25, -0.2) is 0 Å². The van der Waals surface area contributed by atoms with Crippen LogP contribution in [0.5, 0.6) is 0 Å². The van der Waals surface area contributed by atoms with Gasteiger partial charge in [-0.15, -0.1) is 0 Å². The molecule has 0 aromatic heterocycles. The highest BCUT2D eigenvalue weighted by Crippen LogP contribution is 2.16. The van der Waals surface area contributed by atoms with Gasteiger partial charge in [0.25, 0.3) is 0 Å². The van der Waals surface area contributed by atoms with Gasteiger partial charge in [-0.05, 0) is 51.6 Å². The van der Waals surface area contributed by atoms with Crippen molar-refractivity contribution in [3.63, 3.8) is 0 Å². The Hall–Kier alpha value is -0.340. The van der Waals surface area contributed by atoms with Crippen molar-refractivity contribution in [2.75, 3.05) is 20.3 Å². The molecule has 102 valence electrons. The summed E-state index contributed by atoms with van der Waals surface area (Å²) in [6.45, 7) is 10.8. The summed E-state index contributed by atoms with van der Waals surface area (Å²) in [6.07, 6.45) is 9.06. The third-order valence-corrected chi connectivity index (χ3v) is 3.01. The maximum absolute atomic E-state index is 4.16. The molecule has 2 nitrogen and oxygen atoms in total. The van der Waals surface area contributed by atoms with Crippen LogP contribution in [-0.2, 0) is 0 Å². The first-order valence-corrected chi connectivity index (χ1v) is 7.18. The van der Waals surface area contributed by atoms with Gasteiger partial charge >= 0.3 is 0 Å².